The minimum Gasteiger partial charge on any atom is -0.481 e. The number of carbonyl (C=O) groups is 2. The summed E-state index contributed by atoms with van der Waals surface area (Å²) in [5, 5.41) is 8.67. The van der Waals surface area contributed by atoms with Crippen molar-refractivity contribution in [1.82, 2.24) is 4.90 Å². The number of aliphatic carboxylic acids is 1. The fraction of sp³-hybridized carbons (Fsp3) is 0.857. The van der Waals surface area contributed by atoms with Gasteiger partial charge in [0.15, 0.2) is 0 Å². The van der Waals surface area contributed by atoms with Crippen LogP contribution in [0.2, 0.25) is 0 Å². The number of carboxylic acid groups (broad SMARTS) is 1. The van der Waals surface area contributed by atoms with E-state index in [1.807, 2.05) is 20.8 Å². The predicted molar refractivity (Wildman–Crippen MR) is 71.9 cm³/mol. The van der Waals surface area contributed by atoms with Crippen molar-refractivity contribution in [2.45, 2.75) is 58.6 Å². The van der Waals surface area contributed by atoms with Gasteiger partial charge in [-0.3, -0.25) is 9.59 Å². The Kier molecular flexibility index (Phi) is 6.28. The lowest BCUT2D eigenvalue weighted by Crippen LogP contribution is -2.43. The average Bonchev–Trinajstić information content (AvgIpc) is 2.81. The van der Waals surface area contributed by atoms with Gasteiger partial charge in [-0.05, 0) is 33.1 Å². The number of hydrogen-bond acceptors (Lipinski definition) is 3. The molecule has 0 aromatic rings. The minimum absolute atomic E-state index is 0.0215. The highest BCUT2D eigenvalue weighted by Crippen LogP contribution is 2.26. The van der Waals surface area contributed by atoms with Crippen LogP contribution in [0, 0.1) is 5.92 Å². The topological polar surface area (TPSA) is 66.8 Å². The van der Waals surface area contributed by atoms with Crippen LogP contribution in [-0.4, -0.2) is 47.2 Å². The Morgan fingerprint density at radius 1 is 1.42 bits per heavy atom. The number of carboxylic acids is 1. The van der Waals surface area contributed by atoms with Gasteiger partial charge < -0.3 is 14.7 Å². The van der Waals surface area contributed by atoms with Gasteiger partial charge in [0, 0.05) is 25.6 Å². The van der Waals surface area contributed by atoms with Crippen molar-refractivity contribution in [3.63, 3.8) is 0 Å². The number of rotatable bonds is 7. The molecular weight excluding hydrogens is 246 g/mol. The molecule has 0 bridgehead atoms. The SMILES string of the molecule is CCC1OCCC1C(=O)N(CCCC(=O)O)C(C)C. The molecule has 1 N–H and O–H groups in total. The number of hydrogen-bond donors (Lipinski definition) is 1. The van der Waals surface area contributed by atoms with Gasteiger partial charge in [-0.25, -0.2) is 0 Å². The largest absolute Gasteiger partial charge is 0.481 e. The van der Waals surface area contributed by atoms with Crippen LogP contribution in [0.1, 0.15) is 46.5 Å². The van der Waals surface area contributed by atoms with E-state index >= 15 is 0 Å². The molecule has 5 heteroatoms. The van der Waals surface area contributed by atoms with Crippen LogP contribution in [0.3, 0.4) is 0 Å². The Bertz CT molecular complexity index is 317. The van der Waals surface area contributed by atoms with Crippen molar-refractivity contribution >= 4 is 11.9 Å². The second-order valence-electron chi connectivity index (χ2n) is 5.34. The summed E-state index contributed by atoms with van der Waals surface area (Å²) < 4.78 is 5.57. The van der Waals surface area contributed by atoms with Crippen LogP contribution in [-0.2, 0) is 14.3 Å². The molecule has 19 heavy (non-hydrogen) atoms. The number of nitrogens with zero attached hydrogens (tertiary/aromatic N) is 1. The molecule has 1 saturated heterocycles. The number of ether oxygens (including phenoxy) is 1. The highest BCUT2D eigenvalue weighted by molar-refractivity contribution is 5.80. The first-order valence-corrected chi connectivity index (χ1v) is 7.11. The first-order valence-electron chi connectivity index (χ1n) is 7.11. The Morgan fingerprint density at radius 2 is 2.11 bits per heavy atom. The first-order chi connectivity index (χ1) is 8.97. The Labute approximate surface area is 114 Å². The molecule has 1 aliphatic heterocycles. The third-order valence-electron chi connectivity index (χ3n) is 3.63. The van der Waals surface area contributed by atoms with Gasteiger partial charge in [0.1, 0.15) is 0 Å². The molecule has 0 aromatic carbocycles. The molecule has 0 saturated carbocycles. The standard InChI is InChI=1S/C14H25NO4/c1-4-12-11(7-9-19-12)14(18)15(10(2)3)8-5-6-13(16)17/h10-12H,4-9H2,1-3H3,(H,16,17). The quantitative estimate of drug-likeness (QED) is 0.768. The van der Waals surface area contributed by atoms with Crippen LogP contribution in [0.5, 0.6) is 0 Å². The first kappa shape index (κ1) is 16.0. The molecule has 0 aliphatic carbocycles. The molecule has 1 aliphatic rings. The van der Waals surface area contributed by atoms with E-state index in [4.69, 9.17) is 9.84 Å². The molecule has 1 fully saturated rings. The maximum Gasteiger partial charge on any atom is 0.303 e. The molecule has 1 rings (SSSR count). The lowest BCUT2D eigenvalue weighted by molar-refractivity contribution is -0.141. The molecule has 1 heterocycles. The second kappa shape index (κ2) is 7.48. The fourth-order valence-corrected chi connectivity index (χ4v) is 2.57. The molecule has 5 nitrogen and oxygen atoms in total. The highest BCUT2D eigenvalue weighted by Gasteiger charge is 2.36. The van der Waals surface area contributed by atoms with E-state index in [0.29, 0.717) is 19.6 Å². The van der Waals surface area contributed by atoms with Gasteiger partial charge in [-0.2, -0.15) is 0 Å². The summed E-state index contributed by atoms with van der Waals surface area (Å²) in [5.74, 6) is -0.756. The maximum atomic E-state index is 12.5. The molecule has 0 radical (unpaired) electrons. The third kappa shape index (κ3) is 4.49. The molecular formula is C14H25NO4. The van der Waals surface area contributed by atoms with E-state index in [0.717, 1.165) is 12.8 Å². The van der Waals surface area contributed by atoms with Crippen LogP contribution >= 0.6 is 0 Å². The van der Waals surface area contributed by atoms with Crippen LogP contribution < -0.4 is 0 Å². The maximum absolute atomic E-state index is 12.5. The van der Waals surface area contributed by atoms with Gasteiger partial charge in [-0.15, -0.1) is 0 Å². The van der Waals surface area contributed by atoms with Gasteiger partial charge in [0.2, 0.25) is 5.91 Å². The molecule has 110 valence electrons. The third-order valence-corrected chi connectivity index (χ3v) is 3.63. The smallest absolute Gasteiger partial charge is 0.303 e. The number of carbonyl (C=O) groups excluding carboxylic acids is 1. The molecule has 0 spiro atoms. The molecule has 1 amide bonds. The van der Waals surface area contributed by atoms with E-state index in [-0.39, 0.29) is 30.4 Å². The highest BCUT2D eigenvalue weighted by atomic mass is 16.5. The monoisotopic (exact) mass is 271 g/mol. The normalized spacial score (nSPS) is 22.7. The molecule has 2 atom stereocenters. The van der Waals surface area contributed by atoms with Crippen molar-refractivity contribution in [2.24, 2.45) is 5.92 Å². The zero-order valence-corrected chi connectivity index (χ0v) is 12.1. The summed E-state index contributed by atoms with van der Waals surface area (Å²) >= 11 is 0. The predicted octanol–water partition coefficient (Wildman–Crippen LogP) is 1.90. The lowest BCUT2D eigenvalue weighted by atomic mass is 9.97. The molecule has 2 unspecified atom stereocenters. The zero-order chi connectivity index (χ0) is 14.4. The van der Waals surface area contributed by atoms with E-state index in [1.165, 1.54) is 0 Å². The Hall–Kier alpha value is -1.10. The van der Waals surface area contributed by atoms with Gasteiger partial charge >= 0.3 is 5.97 Å². The average molecular weight is 271 g/mol. The summed E-state index contributed by atoms with van der Waals surface area (Å²) in [6.07, 6.45) is 2.25. The van der Waals surface area contributed by atoms with Crippen molar-refractivity contribution < 1.29 is 19.4 Å². The van der Waals surface area contributed by atoms with Gasteiger partial charge in [0.05, 0.1) is 12.0 Å². The summed E-state index contributed by atoms with van der Waals surface area (Å²) in [7, 11) is 0. The van der Waals surface area contributed by atoms with E-state index in [1.54, 1.807) is 4.90 Å². The summed E-state index contributed by atoms with van der Waals surface area (Å²) in [4.78, 5) is 24.9. The summed E-state index contributed by atoms with van der Waals surface area (Å²) in [6.45, 7) is 7.12. The Balaban J connectivity index is 2.59. The van der Waals surface area contributed by atoms with Crippen molar-refractivity contribution in [3.05, 3.63) is 0 Å². The second-order valence-corrected chi connectivity index (χ2v) is 5.34. The van der Waals surface area contributed by atoms with E-state index < -0.39 is 5.97 Å². The Morgan fingerprint density at radius 3 is 2.63 bits per heavy atom. The summed E-state index contributed by atoms with van der Waals surface area (Å²) in [6, 6.07) is 0.0967. The van der Waals surface area contributed by atoms with Crippen LogP contribution in [0.4, 0.5) is 0 Å². The van der Waals surface area contributed by atoms with Crippen molar-refractivity contribution in [2.75, 3.05) is 13.2 Å². The lowest BCUT2D eigenvalue weighted by Gasteiger charge is -2.30. The van der Waals surface area contributed by atoms with E-state index in [9.17, 15) is 9.59 Å². The van der Waals surface area contributed by atoms with Crippen molar-refractivity contribution in [1.29, 1.82) is 0 Å². The molecule has 0 aromatic heterocycles. The minimum atomic E-state index is -0.813. The van der Waals surface area contributed by atoms with E-state index in [2.05, 4.69) is 0 Å². The van der Waals surface area contributed by atoms with Crippen LogP contribution in [0.15, 0.2) is 0 Å². The summed E-state index contributed by atoms with van der Waals surface area (Å²) in [5.41, 5.74) is 0. The van der Waals surface area contributed by atoms with Gasteiger partial charge in [-0.1, -0.05) is 6.92 Å². The zero-order valence-electron chi connectivity index (χ0n) is 12.1. The fourth-order valence-electron chi connectivity index (χ4n) is 2.57. The number of amides is 1. The van der Waals surface area contributed by atoms with Gasteiger partial charge in [0.25, 0.3) is 0 Å². The van der Waals surface area contributed by atoms with Crippen LogP contribution in [0.25, 0.3) is 0 Å². The van der Waals surface area contributed by atoms with Crippen molar-refractivity contribution in [3.8, 4) is 0 Å².